The largest absolute Gasteiger partial charge is 0.396 e. The van der Waals surface area contributed by atoms with E-state index >= 15 is 0 Å². The predicted octanol–water partition coefficient (Wildman–Crippen LogP) is 4.66. The van der Waals surface area contributed by atoms with Gasteiger partial charge in [-0.05, 0) is 58.6 Å². The van der Waals surface area contributed by atoms with Gasteiger partial charge in [-0.25, -0.2) is 0 Å². The summed E-state index contributed by atoms with van der Waals surface area (Å²) >= 11 is 1.72. The van der Waals surface area contributed by atoms with E-state index in [1.807, 2.05) is 54.0 Å². The first-order valence-electron chi connectivity index (χ1n) is 14.7. The van der Waals surface area contributed by atoms with Crippen molar-refractivity contribution in [2.45, 2.75) is 80.9 Å². The second-order valence-electron chi connectivity index (χ2n) is 11.8. The molecule has 3 fully saturated rings. The molecule has 0 radical (unpaired) electrons. The van der Waals surface area contributed by atoms with Gasteiger partial charge in [0.1, 0.15) is 6.04 Å². The minimum atomic E-state index is -0.640. The molecular weight excluding hydrogens is 522 g/mol. The number of aliphatic hydroxyl groups excluding tert-OH is 1. The number of anilines is 1. The Morgan fingerprint density at radius 1 is 1.07 bits per heavy atom. The SMILES string of the molecule is C=CCN(C(=O)[C@H]1[C@H]2C(=O)N(CCCCCCO)C(C(=O)N(CC=C)C(C)C)C23CC[C@]1(C)S3)c1ccccc1. The number of hydrogen-bond donors (Lipinski definition) is 1. The van der Waals surface area contributed by atoms with Crippen molar-refractivity contribution in [3.8, 4) is 0 Å². The molecule has 2 unspecified atom stereocenters. The molecule has 3 saturated heterocycles. The summed E-state index contributed by atoms with van der Waals surface area (Å²) in [7, 11) is 0. The molecule has 0 aliphatic carbocycles. The number of unbranched alkanes of at least 4 members (excludes halogenated alkanes) is 3. The molecule has 5 atom stereocenters. The van der Waals surface area contributed by atoms with Crippen LogP contribution in [0.4, 0.5) is 5.69 Å². The molecule has 0 aromatic heterocycles. The van der Waals surface area contributed by atoms with Crippen LogP contribution in [0.25, 0.3) is 0 Å². The number of hydrogen-bond acceptors (Lipinski definition) is 5. The van der Waals surface area contributed by atoms with Gasteiger partial charge in [-0.2, -0.15) is 0 Å². The first kappa shape index (κ1) is 30.4. The number of fused-ring (bicyclic) bond motifs is 1. The van der Waals surface area contributed by atoms with Crippen molar-refractivity contribution < 1.29 is 19.5 Å². The van der Waals surface area contributed by atoms with Crippen LogP contribution in [0.5, 0.6) is 0 Å². The maximum absolute atomic E-state index is 14.4. The second kappa shape index (κ2) is 12.5. The number of likely N-dealkylation sites (tertiary alicyclic amines) is 1. The number of benzene rings is 1. The van der Waals surface area contributed by atoms with Crippen molar-refractivity contribution in [1.29, 1.82) is 0 Å². The number of aliphatic hydroxyl groups is 1. The van der Waals surface area contributed by atoms with E-state index in [0.717, 1.165) is 44.2 Å². The van der Waals surface area contributed by atoms with E-state index in [4.69, 9.17) is 0 Å². The average Bonchev–Trinajstić information content (AvgIpc) is 3.50. The second-order valence-corrected chi connectivity index (χ2v) is 13.7. The maximum Gasteiger partial charge on any atom is 0.247 e. The number of rotatable bonds is 14. The van der Waals surface area contributed by atoms with Gasteiger partial charge >= 0.3 is 0 Å². The molecule has 218 valence electrons. The summed E-state index contributed by atoms with van der Waals surface area (Å²) < 4.78 is -1.07. The standard InChI is InChI=1S/C32H45N3O4S/c1-6-19-33(23(3)4)30(39)27-32-18-17-31(5,40-32)25(26(32)29(38)35(27)21-13-8-9-14-22-36)28(37)34(20-7-2)24-15-11-10-12-16-24/h6-7,10-12,15-16,23,25-27,36H,1-2,8-9,13-14,17-22H2,3-5H3/t25-,26+,27?,31+,32?/m1/s1. The Hall–Kier alpha value is -2.58. The monoisotopic (exact) mass is 567 g/mol. The molecule has 40 heavy (non-hydrogen) atoms. The van der Waals surface area contributed by atoms with Crippen molar-refractivity contribution >= 4 is 35.2 Å². The van der Waals surface area contributed by atoms with Crippen LogP contribution in [0.15, 0.2) is 55.6 Å². The molecule has 7 nitrogen and oxygen atoms in total. The third kappa shape index (κ3) is 5.25. The van der Waals surface area contributed by atoms with Crippen LogP contribution in [0.1, 0.15) is 59.3 Å². The lowest BCUT2D eigenvalue weighted by Gasteiger charge is -2.39. The molecule has 3 amide bonds. The Morgan fingerprint density at radius 2 is 1.75 bits per heavy atom. The van der Waals surface area contributed by atoms with Crippen molar-refractivity contribution in [3.63, 3.8) is 0 Å². The highest BCUT2D eigenvalue weighted by atomic mass is 32.2. The molecule has 1 spiro atoms. The lowest BCUT2D eigenvalue weighted by Crippen LogP contribution is -2.56. The predicted molar refractivity (Wildman–Crippen MR) is 162 cm³/mol. The Kier molecular flexibility index (Phi) is 9.51. The summed E-state index contributed by atoms with van der Waals surface area (Å²) in [4.78, 5) is 48.6. The highest BCUT2D eigenvalue weighted by Gasteiger charge is 2.77. The van der Waals surface area contributed by atoms with Gasteiger partial charge < -0.3 is 19.8 Å². The minimum absolute atomic E-state index is 0.0414. The Bertz CT molecular complexity index is 1110. The molecule has 3 heterocycles. The van der Waals surface area contributed by atoms with Gasteiger partial charge in [-0.15, -0.1) is 24.9 Å². The van der Waals surface area contributed by atoms with Crippen LogP contribution in [-0.4, -0.2) is 80.4 Å². The zero-order valence-electron chi connectivity index (χ0n) is 24.3. The molecule has 2 bridgehead atoms. The van der Waals surface area contributed by atoms with E-state index in [9.17, 15) is 19.5 Å². The van der Waals surface area contributed by atoms with E-state index in [-0.39, 0.29) is 30.4 Å². The van der Waals surface area contributed by atoms with Crippen LogP contribution in [0, 0.1) is 11.8 Å². The zero-order valence-corrected chi connectivity index (χ0v) is 25.1. The molecule has 3 aliphatic heterocycles. The first-order valence-corrected chi connectivity index (χ1v) is 15.5. The van der Waals surface area contributed by atoms with E-state index < -0.39 is 27.4 Å². The summed E-state index contributed by atoms with van der Waals surface area (Å²) in [5.41, 5.74) is 0.786. The zero-order chi connectivity index (χ0) is 29.1. The minimum Gasteiger partial charge on any atom is -0.396 e. The van der Waals surface area contributed by atoms with Gasteiger partial charge in [0.2, 0.25) is 17.7 Å². The van der Waals surface area contributed by atoms with Crippen LogP contribution >= 0.6 is 11.8 Å². The Morgan fingerprint density at radius 3 is 2.38 bits per heavy atom. The molecule has 1 N–H and O–H groups in total. The molecular formula is C32H45N3O4S. The highest BCUT2D eigenvalue weighted by molar-refractivity contribution is 8.02. The fourth-order valence-electron chi connectivity index (χ4n) is 7.15. The molecule has 0 saturated carbocycles. The average molecular weight is 568 g/mol. The first-order chi connectivity index (χ1) is 19.2. The Balaban J connectivity index is 1.74. The van der Waals surface area contributed by atoms with Gasteiger partial charge in [0.25, 0.3) is 0 Å². The van der Waals surface area contributed by atoms with Crippen LogP contribution in [0.2, 0.25) is 0 Å². The summed E-state index contributed by atoms with van der Waals surface area (Å²) in [6.45, 7) is 15.3. The van der Waals surface area contributed by atoms with E-state index in [0.29, 0.717) is 19.6 Å². The number of carbonyl (C=O) groups excluding carboxylic acids is 3. The number of carbonyl (C=O) groups is 3. The van der Waals surface area contributed by atoms with Crippen molar-refractivity contribution in [3.05, 3.63) is 55.6 Å². The van der Waals surface area contributed by atoms with Gasteiger partial charge in [-0.3, -0.25) is 14.4 Å². The number of thioether (sulfide) groups is 1. The van der Waals surface area contributed by atoms with E-state index in [2.05, 4.69) is 20.1 Å². The molecule has 8 heteroatoms. The van der Waals surface area contributed by atoms with Gasteiger partial charge in [-0.1, -0.05) is 43.2 Å². The summed E-state index contributed by atoms with van der Waals surface area (Å²) in [5.74, 6) is -1.26. The lowest BCUT2D eigenvalue weighted by molar-refractivity contribution is -0.143. The third-order valence-electron chi connectivity index (χ3n) is 8.96. The Labute approximate surface area is 243 Å². The fourth-order valence-corrected chi connectivity index (χ4v) is 9.49. The van der Waals surface area contributed by atoms with Crippen LogP contribution < -0.4 is 4.90 Å². The lowest BCUT2D eigenvalue weighted by atomic mass is 9.66. The number of para-hydroxylation sites is 1. The van der Waals surface area contributed by atoms with E-state index in [1.54, 1.807) is 28.8 Å². The molecule has 1 aromatic carbocycles. The van der Waals surface area contributed by atoms with Gasteiger partial charge in [0, 0.05) is 42.7 Å². The van der Waals surface area contributed by atoms with Gasteiger partial charge in [0.15, 0.2) is 0 Å². The summed E-state index contributed by atoms with van der Waals surface area (Å²) in [5, 5.41) is 9.18. The molecule has 1 aromatic rings. The van der Waals surface area contributed by atoms with Crippen LogP contribution in [0.3, 0.4) is 0 Å². The normalized spacial score (nSPS) is 28.6. The topological polar surface area (TPSA) is 81.2 Å². The molecule has 4 rings (SSSR count). The number of amides is 3. The van der Waals surface area contributed by atoms with Gasteiger partial charge in [0.05, 0.1) is 16.6 Å². The van der Waals surface area contributed by atoms with Crippen LogP contribution in [-0.2, 0) is 14.4 Å². The summed E-state index contributed by atoms with van der Waals surface area (Å²) in [6, 6.07) is 8.91. The van der Waals surface area contributed by atoms with Crippen molar-refractivity contribution in [1.82, 2.24) is 9.80 Å². The fraction of sp³-hybridized carbons (Fsp3) is 0.594. The third-order valence-corrected chi connectivity index (χ3v) is 10.9. The van der Waals surface area contributed by atoms with E-state index in [1.165, 1.54) is 0 Å². The molecule has 3 aliphatic rings. The summed E-state index contributed by atoms with van der Waals surface area (Å²) in [6.07, 6.45) is 8.22. The highest BCUT2D eigenvalue weighted by Crippen LogP contribution is 2.71. The smallest absolute Gasteiger partial charge is 0.247 e. The number of nitrogens with zero attached hydrogens (tertiary/aromatic N) is 3. The quantitative estimate of drug-likeness (QED) is 0.261. The van der Waals surface area contributed by atoms with Crippen molar-refractivity contribution in [2.24, 2.45) is 11.8 Å². The maximum atomic E-state index is 14.4. The van der Waals surface area contributed by atoms with Crippen molar-refractivity contribution in [2.75, 3.05) is 31.1 Å².